The van der Waals surface area contributed by atoms with Crippen LogP contribution < -0.4 is 5.32 Å². The van der Waals surface area contributed by atoms with Gasteiger partial charge in [-0.05, 0) is 25.5 Å². The summed E-state index contributed by atoms with van der Waals surface area (Å²) in [5, 5.41) is 12.3. The molecule has 0 aliphatic rings. The van der Waals surface area contributed by atoms with Gasteiger partial charge in [0.25, 0.3) is 0 Å². The Morgan fingerprint density at radius 2 is 2.00 bits per heavy atom. The molecule has 2 rings (SSSR count). The van der Waals surface area contributed by atoms with Crippen LogP contribution in [0.2, 0.25) is 0 Å². The van der Waals surface area contributed by atoms with Crippen molar-refractivity contribution < 1.29 is 14.7 Å². The van der Waals surface area contributed by atoms with Crippen LogP contribution in [0.4, 0.5) is 5.13 Å². The van der Waals surface area contributed by atoms with Crippen LogP contribution >= 0.6 is 11.3 Å². The molecule has 1 aromatic carbocycles. The molecule has 0 saturated carbocycles. The number of carbonyl (C=O) groups is 2. The molecule has 104 valence electrons. The zero-order valence-electron chi connectivity index (χ0n) is 11.1. The fourth-order valence-electron chi connectivity index (χ4n) is 1.75. The van der Waals surface area contributed by atoms with E-state index < -0.39 is 5.97 Å². The van der Waals surface area contributed by atoms with Gasteiger partial charge in [0.1, 0.15) is 0 Å². The van der Waals surface area contributed by atoms with Crippen molar-refractivity contribution in [2.45, 2.75) is 20.3 Å². The Bertz CT molecular complexity index is 645. The first kappa shape index (κ1) is 14.2. The van der Waals surface area contributed by atoms with Crippen molar-refractivity contribution in [2.24, 2.45) is 0 Å². The maximum atomic E-state index is 11.9. The van der Waals surface area contributed by atoms with Crippen LogP contribution in [0.25, 0.3) is 0 Å². The van der Waals surface area contributed by atoms with E-state index in [1.165, 1.54) is 17.4 Å². The summed E-state index contributed by atoms with van der Waals surface area (Å²) < 4.78 is 0. The maximum absolute atomic E-state index is 11.9. The number of amides is 1. The third kappa shape index (κ3) is 3.21. The Hall–Kier alpha value is -2.21. The predicted octanol–water partition coefficient (Wildman–Crippen LogP) is 2.64. The number of carboxylic acids is 1. The van der Waals surface area contributed by atoms with E-state index in [1.54, 1.807) is 18.2 Å². The molecule has 0 fully saturated rings. The number of thiazole rings is 1. The van der Waals surface area contributed by atoms with Crippen molar-refractivity contribution in [1.82, 2.24) is 4.98 Å². The summed E-state index contributed by atoms with van der Waals surface area (Å²) in [7, 11) is 0. The molecule has 0 atom stereocenters. The lowest BCUT2D eigenvalue weighted by atomic mass is 10.0. The minimum absolute atomic E-state index is 0.0140. The highest BCUT2D eigenvalue weighted by Crippen LogP contribution is 2.21. The molecule has 2 aromatic rings. The highest BCUT2D eigenvalue weighted by Gasteiger charge is 2.14. The second kappa shape index (κ2) is 5.83. The fraction of sp³-hybridized carbons (Fsp3) is 0.214. The van der Waals surface area contributed by atoms with E-state index in [1.807, 2.05) is 13.8 Å². The molecule has 0 aliphatic carbocycles. The molecule has 5 nitrogen and oxygen atoms in total. The second-order valence-electron chi connectivity index (χ2n) is 4.35. The molecule has 1 aromatic heterocycles. The Kier molecular flexibility index (Phi) is 4.14. The minimum atomic E-state index is -1.03. The molecular formula is C14H14N2O3S. The fourth-order valence-corrected chi connectivity index (χ4v) is 2.58. The van der Waals surface area contributed by atoms with Gasteiger partial charge in [-0.3, -0.25) is 4.79 Å². The molecule has 0 unspecified atom stereocenters. The molecular weight excluding hydrogens is 276 g/mol. The van der Waals surface area contributed by atoms with Crippen LogP contribution in [0.3, 0.4) is 0 Å². The third-order valence-corrected chi connectivity index (χ3v) is 3.86. The van der Waals surface area contributed by atoms with E-state index >= 15 is 0 Å². The van der Waals surface area contributed by atoms with Gasteiger partial charge in [0.05, 0.1) is 17.7 Å². The van der Waals surface area contributed by atoms with Gasteiger partial charge >= 0.3 is 5.97 Å². The van der Waals surface area contributed by atoms with E-state index in [4.69, 9.17) is 5.11 Å². The topological polar surface area (TPSA) is 79.3 Å². The number of hydrogen-bond acceptors (Lipinski definition) is 4. The van der Waals surface area contributed by atoms with Gasteiger partial charge in [0.15, 0.2) is 5.13 Å². The van der Waals surface area contributed by atoms with Crippen LogP contribution in [0.1, 0.15) is 26.5 Å². The highest BCUT2D eigenvalue weighted by molar-refractivity contribution is 7.15. The summed E-state index contributed by atoms with van der Waals surface area (Å²) in [5.41, 5.74) is 1.52. The van der Waals surface area contributed by atoms with Crippen LogP contribution in [0, 0.1) is 13.8 Å². The van der Waals surface area contributed by atoms with Crippen LogP contribution in [0.15, 0.2) is 24.3 Å². The average Bonchev–Trinajstić information content (AvgIpc) is 2.68. The van der Waals surface area contributed by atoms with Gasteiger partial charge in [-0.15, -0.1) is 11.3 Å². The average molecular weight is 290 g/mol. The normalized spacial score (nSPS) is 10.3. The number of aromatic carboxylic acids is 1. The number of benzene rings is 1. The summed E-state index contributed by atoms with van der Waals surface area (Å²) >= 11 is 1.40. The minimum Gasteiger partial charge on any atom is -0.478 e. The summed E-state index contributed by atoms with van der Waals surface area (Å²) in [6, 6.07) is 6.48. The van der Waals surface area contributed by atoms with Gasteiger partial charge in [0, 0.05) is 4.88 Å². The maximum Gasteiger partial charge on any atom is 0.335 e. The first-order valence-corrected chi connectivity index (χ1v) is 6.84. The molecule has 0 spiro atoms. The predicted molar refractivity (Wildman–Crippen MR) is 77.3 cm³/mol. The third-order valence-electron chi connectivity index (χ3n) is 2.87. The van der Waals surface area contributed by atoms with Gasteiger partial charge in [-0.1, -0.05) is 18.2 Å². The van der Waals surface area contributed by atoms with E-state index in [-0.39, 0.29) is 17.9 Å². The largest absolute Gasteiger partial charge is 0.478 e. The van der Waals surface area contributed by atoms with Crippen LogP contribution in [0.5, 0.6) is 0 Å². The summed E-state index contributed by atoms with van der Waals surface area (Å²) in [6.07, 6.45) is 0.0140. The first-order valence-electron chi connectivity index (χ1n) is 6.02. The molecule has 0 bridgehead atoms. The molecule has 2 N–H and O–H groups in total. The Balaban J connectivity index is 2.10. The zero-order valence-corrected chi connectivity index (χ0v) is 12.0. The number of aromatic nitrogens is 1. The quantitative estimate of drug-likeness (QED) is 0.907. The Labute approximate surface area is 120 Å². The van der Waals surface area contributed by atoms with Crippen molar-refractivity contribution in [1.29, 1.82) is 0 Å². The number of carboxylic acid groups (broad SMARTS) is 1. The summed E-state index contributed by atoms with van der Waals surface area (Å²) in [4.78, 5) is 28.3. The van der Waals surface area contributed by atoms with E-state index in [0.29, 0.717) is 10.7 Å². The number of nitrogens with zero attached hydrogens (tertiary/aromatic N) is 1. The van der Waals surface area contributed by atoms with Crippen molar-refractivity contribution >= 4 is 28.3 Å². The van der Waals surface area contributed by atoms with Gasteiger partial charge in [-0.2, -0.15) is 0 Å². The molecule has 1 amide bonds. The molecule has 0 aliphatic heterocycles. The number of anilines is 1. The van der Waals surface area contributed by atoms with E-state index in [9.17, 15) is 9.59 Å². The Morgan fingerprint density at radius 1 is 1.30 bits per heavy atom. The van der Waals surface area contributed by atoms with E-state index in [2.05, 4.69) is 10.3 Å². The highest BCUT2D eigenvalue weighted by atomic mass is 32.1. The van der Waals surface area contributed by atoms with Gasteiger partial charge in [0.2, 0.25) is 5.91 Å². The molecule has 20 heavy (non-hydrogen) atoms. The van der Waals surface area contributed by atoms with Crippen LogP contribution in [-0.4, -0.2) is 22.0 Å². The lowest BCUT2D eigenvalue weighted by molar-refractivity contribution is -0.115. The number of nitrogens with one attached hydrogen (secondary N) is 1. The number of aryl methyl sites for hydroxylation is 2. The van der Waals surface area contributed by atoms with Crippen molar-refractivity contribution in [3.8, 4) is 0 Å². The van der Waals surface area contributed by atoms with Crippen molar-refractivity contribution in [2.75, 3.05) is 5.32 Å². The first-order chi connectivity index (χ1) is 9.47. The number of rotatable bonds is 4. The second-order valence-corrected chi connectivity index (χ2v) is 5.55. The molecule has 1 heterocycles. The monoisotopic (exact) mass is 290 g/mol. The van der Waals surface area contributed by atoms with Crippen molar-refractivity contribution in [3.05, 3.63) is 46.0 Å². The number of hydrogen-bond donors (Lipinski definition) is 2. The summed E-state index contributed by atoms with van der Waals surface area (Å²) in [5.74, 6) is -1.30. The van der Waals surface area contributed by atoms with Gasteiger partial charge < -0.3 is 10.4 Å². The zero-order chi connectivity index (χ0) is 14.7. The lowest BCUT2D eigenvalue weighted by Gasteiger charge is -2.05. The van der Waals surface area contributed by atoms with Crippen LogP contribution in [-0.2, 0) is 11.2 Å². The Morgan fingerprint density at radius 3 is 2.60 bits per heavy atom. The molecule has 0 saturated heterocycles. The standard InChI is InChI=1S/C14H14N2O3S/c1-8-9(2)20-14(15-8)16-12(17)7-10-5-3-4-6-11(10)13(18)19/h3-6H,7H2,1-2H3,(H,18,19)(H,15,16,17). The number of carbonyl (C=O) groups excluding carboxylic acids is 1. The summed E-state index contributed by atoms with van der Waals surface area (Å²) in [6.45, 7) is 3.81. The van der Waals surface area contributed by atoms with E-state index in [0.717, 1.165) is 10.6 Å². The lowest BCUT2D eigenvalue weighted by Crippen LogP contribution is -2.16. The van der Waals surface area contributed by atoms with Gasteiger partial charge in [-0.25, -0.2) is 9.78 Å². The SMILES string of the molecule is Cc1nc(NC(=O)Cc2ccccc2C(=O)O)sc1C. The molecule has 0 radical (unpaired) electrons. The van der Waals surface area contributed by atoms with Crippen molar-refractivity contribution in [3.63, 3.8) is 0 Å². The molecule has 6 heteroatoms. The smallest absolute Gasteiger partial charge is 0.335 e.